The Balaban J connectivity index is 2.18. The number of rotatable bonds is 5. The predicted molar refractivity (Wildman–Crippen MR) is 81.0 cm³/mol. The maximum atomic E-state index is 11.4. The van der Waals surface area contributed by atoms with Gasteiger partial charge >= 0.3 is 0 Å². The van der Waals surface area contributed by atoms with Crippen LogP contribution in [0.2, 0.25) is 0 Å². The molecule has 6 nitrogen and oxygen atoms in total. The highest BCUT2D eigenvalue weighted by Crippen LogP contribution is 2.26. The van der Waals surface area contributed by atoms with E-state index in [0.29, 0.717) is 12.2 Å². The molecule has 0 bridgehead atoms. The summed E-state index contributed by atoms with van der Waals surface area (Å²) in [6.45, 7) is 2.56. The van der Waals surface area contributed by atoms with Crippen LogP contribution >= 0.6 is 11.3 Å². The van der Waals surface area contributed by atoms with E-state index in [1.165, 1.54) is 10.9 Å². The first-order valence-corrected chi connectivity index (χ1v) is 8.37. The third-order valence-corrected chi connectivity index (χ3v) is 4.86. The number of nitrogen functional groups attached to an aromatic ring is 1. The molecule has 0 saturated carbocycles. The lowest BCUT2D eigenvalue weighted by Gasteiger charge is -2.10. The normalized spacial score (nSPS) is 11.5. The van der Waals surface area contributed by atoms with E-state index in [1.807, 2.05) is 6.20 Å². The van der Waals surface area contributed by atoms with Crippen LogP contribution in [0.1, 0.15) is 16.8 Å². The van der Waals surface area contributed by atoms with Gasteiger partial charge in [0.05, 0.1) is 17.9 Å². The van der Waals surface area contributed by atoms with Crippen molar-refractivity contribution in [1.82, 2.24) is 4.98 Å². The van der Waals surface area contributed by atoms with Gasteiger partial charge in [-0.1, -0.05) is 13.0 Å². The van der Waals surface area contributed by atoms with Crippen LogP contribution in [0.4, 0.5) is 11.4 Å². The van der Waals surface area contributed by atoms with E-state index in [1.54, 1.807) is 23.5 Å². The number of aromatic nitrogens is 1. The number of aryl methyl sites for hydroxylation is 1. The van der Waals surface area contributed by atoms with Crippen molar-refractivity contribution in [1.29, 1.82) is 0 Å². The number of benzene rings is 1. The molecule has 0 aliphatic rings. The quantitative estimate of drug-likeness (QED) is 0.725. The summed E-state index contributed by atoms with van der Waals surface area (Å²) in [5.74, 6) is 0. The number of nitrogens with zero attached hydrogens (tertiary/aromatic N) is 1. The number of anilines is 2. The van der Waals surface area contributed by atoms with Crippen LogP contribution in [0.25, 0.3) is 0 Å². The van der Waals surface area contributed by atoms with Gasteiger partial charge < -0.3 is 11.1 Å². The van der Waals surface area contributed by atoms with Gasteiger partial charge in [-0.25, -0.2) is 18.5 Å². The molecule has 0 spiro atoms. The maximum Gasteiger partial charge on any atom is 0.240 e. The smallest absolute Gasteiger partial charge is 0.240 e. The molecule has 0 radical (unpaired) electrons. The van der Waals surface area contributed by atoms with E-state index < -0.39 is 10.0 Å². The summed E-state index contributed by atoms with van der Waals surface area (Å²) in [5, 5.41) is 9.11. The molecule has 0 unspecified atom stereocenters. The molecular formula is C12H16N4O2S2. The Kier molecular flexibility index (Phi) is 4.26. The van der Waals surface area contributed by atoms with Gasteiger partial charge in [0.2, 0.25) is 10.0 Å². The van der Waals surface area contributed by atoms with Crippen LogP contribution in [0, 0.1) is 0 Å². The summed E-state index contributed by atoms with van der Waals surface area (Å²) in [6.07, 6.45) is 2.78. The number of para-hydroxylation sites is 1. The van der Waals surface area contributed by atoms with Gasteiger partial charge in [0, 0.05) is 11.1 Å². The first-order chi connectivity index (χ1) is 9.41. The van der Waals surface area contributed by atoms with Crippen molar-refractivity contribution < 1.29 is 8.42 Å². The Labute approximate surface area is 121 Å². The molecule has 1 aromatic heterocycles. The van der Waals surface area contributed by atoms with Gasteiger partial charge in [-0.2, -0.15) is 0 Å². The number of nitrogens with two attached hydrogens (primary N) is 2. The van der Waals surface area contributed by atoms with Crippen molar-refractivity contribution in [2.45, 2.75) is 24.8 Å². The molecule has 0 fully saturated rings. The van der Waals surface area contributed by atoms with Crippen molar-refractivity contribution in [2.75, 3.05) is 11.1 Å². The van der Waals surface area contributed by atoms with E-state index >= 15 is 0 Å². The van der Waals surface area contributed by atoms with Crippen molar-refractivity contribution in [3.05, 3.63) is 34.3 Å². The van der Waals surface area contributed by atoms with Gasteiger partial charge in [0.15, 0.2) is 0 Å². The molecule has 5 N–H and O–H groups in total. The molecular weight excluding hydrogens is 296 g/mol. The summed E-state index contributed by atoms with van der Waals surface area (Å²) in [6, 6.07) is 4.69. The Hall–Kier alpha value is -1.64. The SMILES string of the molecule is CCc1cnc(CNc2cccc(S(N)(=O)=O)c2N)s1. The number of nitrogens with one attached hydrogen (secondary N) is 1. The van der Waals surface area contributed by atoms with Crippen molar-refractivity contribution in [3.8, 4) is 0 Å². The minimum absolute atomic E-state index is 0.0733. The summed E-state index contributed by atoms with van der Waals surface area (Å²) in [4.78, 5) is 5.40. The van der Waals surface area contributed by atoms with Crippen LogP contribution in [-0.2, 0) is 23.0 Å². The van der Waals surface area contributed by atoms with E-state index in [-0.39, 0.29) is 10.6 Å². The fourth-order valence-corrected chi connectivity index (χ4v) is 3.20. The number of hydrogen-bond acceptors (Lipinski definition) is 6. The molecule has 2 rings (SSSR count). The Morgan fingerprint density at radius 2 is 2.15 bits per heavy atom. The van der Waals surface area contributed by atoms with Crippen LogP contribution < -0.4 is 16.2 Å². The Bertz CT molecular complexity index is 710. The van der Waals surface area contributed by atoms with Gasteiger partial charge in [0.25, 0.3) is 0 Å². The molecule has 8 heteroatoms. The fraction of sp³-hybridized carbons (Fsp3) is 0.250. The van der Waals surface area contributed by atoms with Crippen LogP contribution in [0.15, 0.2) is 29.3 Å². The monoisotopic (exact) mass is 312 g/mol. The molecule has 0 saturated heterocycles. The van der Waals surface area contributed by atoms with Crippen LogP contribution in [0.3, 0.4) is 0 Å². The molecule has 0 aliphatic heterocycles. The van der Waals surface area contributed by atoms with Gasteiger partial charge in [0.1, 0.15) is 9.90 Å². The molecule has 1 heterocycles. The second-order valence-electron chi connectivity index (χ2n) is 4.19. The fourth-order valence-electron chi connectivity index (χ4n) is 1.71. The minimum Gasteiger partial charge on any atom is -0.396 e. The lowest BCUT2D eigenvalue weighted by atomic mass is 10.2. The van der Waals surface area contributed by atoms with Crippen molar-refractivity contribution in [2.24, 2.45) is 5.14 Å². The molecule has 108 valence electrons. The van der Waals surface area contributed by atoms with E-state index in [9.17, 15) is 8.42 Å². The van der Waals surface area contributed by atoms with E-state index in [0.717, 1.165) is 11.4 Å². The summed E-state index contributed by atoms with van der Waals surface area (Å²) >= 11 is 1.61. The highest BCUT2D eigenvalue weighted by Gasteiger charge is 2.14. The lowest BCUT2D eigenvalue weighted by molar-refractivity contribution is 0.598. The number of thiazole rings is 1. The average molecular weight is 312 g/mol. The number of sulfonamides is 1. The highest BCUT2D eigenvalue weighted by molar-refractivity contribution is 7.89. The first-order valence-electron chi connectivity index (χ1n) is 6.00. The summed E-state index contributed by atoms with van der Waals surface area (Å²) in [5.41, 5.74) is 6.49. The Morgan fingerprint density at radius 1 is 1.40 bits per heavy atom. The standard InChI is InChI=1S/C12H16N4O2S2/c1-2-8-6-16-11(19-8)7-15-9-4-3-5-10(12(9)13)20(14,17)18/h3-6,15H,2,7,13H2,1H3,(H2,14,17,18). The predicted octanol–water partition coefficient (Wildman–Crippen LogP) is 1.55. The zero-order valence-corrected chi connectivity index (χ0v) is 12.6. The zero-order chi connectivity index (χ0) is 14.8. The topological polar surface area (TPSA) is 111 Å². The molecule has 0 amide bonds. The van der Waals surface area contributed by atoms with E-state index in [4.69, 9.17) is 10.9 Å². The minimum atomic E-state index is -3.82. The van der Waals surface area contributed by atoms with Crippen LogP contribution in [0.5, 0.6) is 0 Å². The van der Waals surface area contributed by atoms with Gasteiger partial charge in [-0.05, 0) is 18.6 Å². The van der Waals surface area contributed by atoms with Crippen molar-refractivity contribution in [3.63, 3.8) is 0 Å². The van der Waals surface area contributed by atoms with Crippen LogP contribution in [-0.4, -0.2) is 13.4 Å². The summed E-state index contributed by atoms with van der Waals surface area (Å²) in [7, 11) is -3.82. The third-order valence-electron chi connectivity index (χ3n) is 2.75. The molecule has 2 aromatic rings. The second-order valence-corrected chi connectivity index (χ2v) is 6.92. The number of primary sulfonamides is 1. The third kappa shape index (κ3) is 3.27. The lowest BCUT2D eigenvalue weighted by Crippen LogP contribution is -2.15. The van der Waals surface area contributed by atoms with Gasteiger partial charge in [-0.3, -0.25) is 0 Å². The van der Waals surface area contributed by atoms with E-state index in [2.05, 4.69) is 17.2 Å². The van der Waals surface area contributed by atoms with Crippen molar-refractivity contribution >= 4 is 32.7 Å². The molecule has 0 atom stereocenters. The first kappa shape index (κ1) is 14.8. The number of hydrogen-bond donors (Lipinski definition) is 3. The molecule has 0 aliphatic carbocycles. The average Bonchev–Trinajstić information content (AvgIpc) is 2.84. The van der Waals surface area contributed by atoms with Gasteiger partial charge in [-0.15, -0.1) is 11.3 Å². The Morgan fingerprint density at radius 3 is 2.75 bits per heavy atom. The molecule has 20 heavy (non-hydrogen) atoms. The zero-order valence-electron chi connectivity index (χ0n) is 11.0. The maximum absolute atomic E-state index is 11.4. The second kappa shape index (κ2) is 5.78. The largest absolute Gasteiger partial charge is 0.396 e. The highest BCUT2D eigenvalue weighted by atomic mass is 32.2. The molecule has 1 aromatic carbocycles. The summed E-state index contributed by atoms with van der Waals surface area (Å²) < 4.78 is 22.8.